The molecule has 0 aliphatic heterocycles. The number of hydrogen-bond donors (Lipinski definition) is 0. The fourth-order valence-corrected chi connectivity index (χ4v) is 1.28. The number of hydrogen-bond acceptors (Lipinski definition) is 0. The molecule has 56 valence electrons. The summed E-state index contributed by atoms with van der Waals surface area (Å²) in [6.45, 7) is 4.31. The van der Waals surface area contributed by atoms with Gasteiger partial charge in [0.2, 0.25) is 0 Å². The second-order valence-corrected chi connectivity index (χ2v) is 6.74. The summed E-state index contributed by atoms with van der Waals surface area (Å²) in [5, 5.41) is 1.49. The Hall–Kier alpha value is 1.24. The molecule has 1 aromatic heterocycles. The van der Waals surface area contributed by atoms with E-state index in [0.29, 0.717) is 0 Å². The second kappa shape index (κ2) is 6.92. The quantitative estimate of drug-likeness (QED) is 0.627. The molecule has 0 atom stereocenters. The van der Waals surface area contributed by atoms with E-state index in [1.807, 2.05) is 0 Å². The molecule has 0 aliphatic carbocycles. The Bertz CT molecular complexity index is 160. The van der Waals surface area contributed by atoms with Gasteiger partial charge in [0.25, 0.3) is 0 Å². The molecular weight excluding hydrogens is 265 g/mol. The third-order valence-corrected chi connectivity index (χ3v) is 2.20. The van der Waals surface area contributed by atoms with Crippen molar-refractivity contribution >= 4 is 25.2 Å². The standard InChI is InChI=1S/C6H8P.2ClH.Zr/c1-5-3-4-7-6(5)2;;;/h3-4H,1-2H3;2*1H;/q-1;;;+2/p-2. The van der Waals surface area contributed by atoms with Crippen molar-refractivity contribution < 1.29 is 20.8 Å². The first-order valence-corrected chi connectivity index (χ1v) is 10.0. The van der Waals surface area contributed by atoms with Crippen LogP contribution in [0.2, 0.25) is 0 Å². The summed E-state index contributed by atoms with van der Waals surface area (Å²) >= 11 is -0.826. The van der Waals surface area contributed by atoms with Gasteiger partial charge in [0.1, 0.15) is 0 Å². The second-order valence-electron chi connectivity index (χ2n) is 1.78. The van der Waals surface area contributed by atoms with Gasteiger partial charge in [-0.25, -0.2) is 14.3 Å². The molecule has 10 heavy (non-hydrogen) atoms. The molecule has 1 aromatic rings. The van der Waals surface area contributed by atoms with Gasteiger partial charge < -0.3 is 0 Å². The molecule has 0 fully saturated rings. The van der Waals surface area contributed by atoms with Crippen molar-refractivity contribution in [1.82, 2.24) is 0 Å². The maximum absolute atomic E-state index is 4.93. The summed E-state index contributed by atoms with van der Waals surface area (Å²) in [5.41, 5.74) is 1.43. The Labute approximate surface area is 82.1 Å². The van der Waals surface area contributed by atoms with Gasteiger partial charge in [-0.15, -0.1) is 5.30 Å². The third-order valence-electron chi connectivity index (χ3n) is 1.16. The van der Waals surface area contributed by atoms with Gasteiger partial charge in [-0.3, -0.25) is 0 Å². The molecule has 0 radical (unpaired) electrons. The normalized spacial score (nSPS) is 8.80. The van der Waals surface area contributed by atoms with Crippen LogP contribution >= 0.6 is 25.2 Å². The van der Waals surface area contributed by atoms with Gasteiger partial charge in [-0.05, 0) is 0 Å². The van der Waals surface area contributed by atoms with Crippen molar-refractivity contribution in [2.45, 2.75) is 13.8 Å². The van der Waals surface area contributed by atoms with Crippen molar-refractivity contribution in [2.75, 3.05) is 0 Å². The first-order chi connectivity index (χ1) is 4.72. The molecule has 0 saturated carbocycles. The van der Waals surface area contributed by atoms with Crippen LogP contribution in [0.15, 0.2) is 11.9 Å². The van der Waals surface area contributed by atoms with Gasteiger partial charge in [-0.1, -0.05) is 13.8 Å². The summed E-state index contributed by atoms with van der Waals surface area (Å²) in [7, 11) is 11.3. The van der Waals surface area contributed by atoms with E-state index in [-0.39, 0.29) is 0 Å². The van der Waals surface area contributed by atoms with E-state index in [9.17, 15) is 0 Å². The van der Waals surface area contributed by atoms with Crippen LogP contribution in [0.1, 0.15) is 10.9 Å². The van der Waals surface area contributed by atoms with E-state index >= 15 is 0 Å². The van der Waals surface area contributed by atoms with Crippen LogP contribution in [0.5, 0.6) is 0 Å². The fourth-order valence-electron chi connectivity index (χ4n) is 0.483. The van der Waals surface area contributed by atoms with Crippen LogP contribution in [-0.2, 0) is 20.8 Å². The summed E-state index contributed by atoms with van der Waals surface area (Å²) in [5.74, 6) is 2.17. The van der Waals surface area contributed by atoms with Crippen molar-refractivity contribution in [3.8, 4) is 0 Å². The Kier molecular flexibility index (Phi) is 7.78. The molecule has 0 unspecified atom stereocenters. The topological polar surface area (TPSA) is 0 Å². The van der Waals surface area contributed by atoms with E-state index in [0.717, 1.165) is 0 Å². The average Bonchev–Trinajstić information content (AvgIpc) is 2.19. The summed E-state index contributed by atoms with van der Waals surface area (Å²) < 4.78 is 0. The first kappa shape index (κ1) is 11.2. The molecule has 0 N–H and O–H groups in total. The van der Waals surface area contributed by atoms with E-state index in [4.69, 9.17) is 17.0 Å². The van der Waals surface area contributed by atoms with Crippen molar-refractivity contribution in [1.29, 1.82) is 0 Å². The van der Waals surface area contributed by atoms with Crippen LogP contribution in [0.25, 0.3) is 0 Å². The number of rotatable bonds is 0. The van der Waals surface area contributed by atoms with Crippen LogP contribution in [0, 0.1) is 13.8 Å². The van der Waals surface area contributed by atoms with Crippen LogP contribution in [-0.4, -0.2) is 0 Å². The molecule has 0 aromatic carbocycles. The first-order valence-electron chi connectivity index (χ1n) is 2.73. The maximum atomic E-state index is 4.93. The predicted octanol–water partition coefficient (Wildman–Crippen LogP) is 3.98. The zero-order chi connectivity index (χ0) is 7.98. The van der Waals surface area contributed by atoms with Gasteiger partial charge in [-0.2, -0.15) is 11.4 Å². The van der Waals surface area contributed by atoms with E-state index in [1.165, 1.54) is 19.1 Å². The Balaban J connectivity index is 0.000000236. The molecule has 0 bridgehead atoms. The van der Waals surface area contributed by atoms with E-state index in [2.05, 4.69) is 25.7 Å². The Morgan fingerprint density at radius 1 is 1.60 bits per heavy atom. The van der Waals surface area contributed by atoms with Crippen LogP contribution in [0.3, 0.4) is 0 Å². The molecule has 1 heterocycles. The SMILES string of the molecule is Cc1ccp[c-]1C.[Cl][Zr][Cl]. The molecular formula is C6H8Cl2PZr-. The zero-order valence-electron chi connectivity index (χ0n) is 5.86. The van der Waals surface area contributed by atoms with E-state index < -0.39 is 20.8 Å². The third kappa shape index (κ3) is 4.97. The minimum absolute atomic E-state index is 0.826. The summed E-state index contributed by atoms with van der Waals surface area (Å²) in [4.78, 5) is 0. The van der Waals surface area contributed by atoms with Crippen molar-refractivity contribution in [3.05, 3.63) is 22.7 Å². The predicted molar refractivity (Wildman–Crippen MR) is 45.7 cm³/mol. The van der Waals surface area contributed by atoms with E-state index in [1.54, 1.807) is 0 Å². The van der Waals surface area contributed by atoms with Gasteiger partial charge >= 0.3 is 37.9 Å². The zero-order valence-corrected chi connectivity index (χ0v) is 10.7. The van der Waals surface area contributed by atoms with Crippen molar-refractivity contribution in [2.24, 2.45) is 0 Å². The van der Waals surface area contributed by atoms with Crippen LogP contribution in [0.4, 0.5) is 0 Å². The molecule has 0 nitrogen and oxygen atoms in total. The van der Waals surface area contributed by atoms with Gasteiger partial charge in [0.15, 0.2) is 0 Å². The monoisotopic (exact) mass is 271 g/mol. The van der Waals surface area contributed by atoms with Crippen LogP contribution < -0.4 is 0 Å². The Morgan fingerprint density at radius 2 is 2.10 bits per heavy atom. The number of aryl methyl sites for hydroxylation is 2. The van der Waals surface area contributed by atoms with Gasteiger partial charge in [0, 0.05) is 0 Å². The van der Waals surface area contributed by atoms with Crippen molar-refractivity contribution in [3.63, 3.8) is 0 Å². The summed E-state index contributed by atoms with van der Waals surface area (Å²) in [6, 6.07) is 2.16. The fraction of sp³-hybridized carbons (Fsp3) is 0.333. The van der Waals surface area contributed by atoms with Gasteiger partial charge in [0.05, 0.1) is 0 Å². The minimum atomic E-state index is -0.826. The molecule has 0 spiro atoms. The number of halogens is 2. The summed E-state index contributed by atoms with van der Waals surface area (Å²) in [6.07, 6.45) is 0. The molecule has 0 aliphatic rings. The molecule has 1 rings (SSSR count). The average molecular weight is 273 g/mol. The molecule has 0 saturated heterocycles. The Morgan fingerprint density at radius 3 is 2.20 bits per heavy atom. The molecule has 0 amide bonds. The molecule has 4 heteroatoms.